The van der Waals surface area contributed by atoms with E-state index in [1.807, 2.05) is 6.26 Å². The van der Waals surface area contributed by atoms with E-state index in [0.717, 1.165) is 35.6 Å². The molecule has 0 radical (unpaired) electrons. The van der Waals surface area contributed by atoms with Gasteiger partial charge in [-0.1, -0.05) is 0 Å². The predicted octanol–water partition coefficient (Wildman–Crippen LogP) is 3.03. The Labute approximate surface area is 167 Å². The van der Waals surface area contributed by atoms with Crippen LogP contribution in [-0.4, -0.2) is 59.6 Å². The minimum atomic E-state index is -0.151. The number of hydrogen-bond acceptors (Lipinski definition) is 8. The molecular formula is C18H24N4O3S2. The van der Waals surface area contributed by atoms with Gasteiger partial charge >= 0.3 is 0 Å². The van der Waals surface area contributed by atoms with Crippen molar-refractivity contribution in [3.63, 3.8) is 0 Å². The summed E-state index contributed by atoms with van der Waals surface area (Å²) in [6, 6.07) is 1.89. The largest absolute Gasteiger partial charge is 0.382 e. The summed E-state index contributed by atoms with van der Waals surface area (Å²) in [5.74, 6) is 0.395. The van der Waals surface area contributed by atoms with Crippen LogP contribution in [0.5, 0.6) is 0 Å². The smallest absolute Gasteiger partial charge is 0.270 e. The van der Waals surface area contributed by atoms with Crippen LogP contribution in [0.25, 0.3) is 10.7 Å². The van der Waals surface area contributed by atoms with Crippen molar-refractivity contribution >= 4 is 29.0 Å². The van der Waals surface area contributed by atoms with Gasteiger partial charge in [-0.05, 0) is 31.9 Å². The highest BCUT2D eigenvalue weighted by Gasteiger charge is 2.24. The summed E-state index contributed by atoms with van der Waals surface area (Å²) in [6.45, 7) is 1.24. The quantitative estimate of drug-likeness (QED) is 0.408. The maximum atomic E-state index is 12.7. The van der Waals surface area contributed by atoms with E-state index in [4.69, 9.17) is 9.47 Å². The number of amides is 1. The van der Waals surface area contributed by atoms with E-state index in [0.29, 0.717) is 24.7 Å². The fourth-order valence-electron chi connectivity index (χ4n) is 3.01. The number of carbonyl (C=O) groups is 1. The van der Waals surface area contributed by atoms with E-state index in [-0.39, 0.29) is 18.1 Å². The number of methoxy groups -OCH3 is 1. The molecule has 0 unspecified atom stereocenters. The molecule has 146 valence electrons. The van der Waals surface area contributed by atoms with Gasteiger partial charge in [0.25, 0.3) is 5.91 Å². The van der Waals surface area contributed by atoms with Gasteiger partial charge < -0.3 is 14.8 Å². The molecule has 1 fully saturated rings. The van der Waals surface area contributed by atoms with Crippen LogP contribution in [0.1, 0.15) is 36.2 Å². The first-order valence-corrected chi connectivity index (χ1v) is 11.0. The SMILES string of the molecule is COCCOC1CCC(NC(=O)c2cc(SC)nc(-c3cncs3)n2)CC1. The molecule has 7 nitrogen and oxygen atoms in total. The predicted molar refractivity (Wildman–Crippen MR) is 106 cm³/mol. The molecular weight excluding hydrogens is 384 g/mol. The number of ether oxygens (including phenoxy) is 2. The molecule has 9 heteroatoms. The van der Waals surface area contributed by atoms with Crippen molar-refractivity contribution in [2.24, 2.45) is 0 Å². The van der Waals surface area contributed by atoms with Gasteiger partial charge in [-0.2, -0.15) is 0 Å². The number of carbonyl (C=O) groups excluding carboxylic acids is 1. The molecule has 27 heavy (non-hydrogen) atoms. The normalized spacial score (nSPS) is 19.8. The third kappa shape index (κ3) is 5.71. The molecule has 0 bridgehead atoms. The number of thioether (sulfide) groups is 1. The number of hydrogen-bond donors (Lipinski definition) is 1. The Morgan fingerprint density at radius 2 is 2.11 bits per heavy atom. The average molecular weight is 409 g/mol. The van der Waals surface area contributed by atoms with E-state index >= 15 is 0 Å². The number of rotatable bonds is 8. The van der Waals surface area contributed by atoms with Gasteiger partial charge in [-0.25, -0.2) is 9.97 Å². The molecule has 2 aromatic rings. The van der Waals surface area contributed by atoms with E-state index in [1.165, 1.54) is 23.1 Å². The van der Waals surface area contributed by atoms with Crippen LogP contribution in [0.2, 0.25) is 0 Å². The van der Waals surface area contributed by atoms with Gasteiger partial charge in [0, 0.05) is 25.4 Å². The van der Waals surface area contributed by atoms with Crippen molar-refractivity contribution in [3.8, 4) is 10.7 Å². The fourth-order valence-corrected chi connectivity index (χ4v) is 3.97. The minimum absolute atomic E-state index is 0.151. The summed E-state index contributed by atoms with van der Waals surface area (Å²) < 4.78 is 10.8. The Morgan fingerprint density at radius 1 is 1.30 bits per heavy atom. The van der Waals surface area contributed by atoms with Crippen molar-refractivity contribution in [1.29, 1.82) is 0 Å². The van der Waals surface area contributed by atoms with Crippen molar-refractivity contribution in [3.05, 3.63) is 23.5 Å². The topological polar surface area (TPSA) is 86.2 Å². The van der Waals surface area contributed by atoms with Crippen LogP contribution in [0, 0.1) is 0 Å². The molecule has 2 aromatic heterocycles. The maximum Gasteiger partial charge on any atom is 0.270 e. The molecule has 0 atom stereocenters. The number of aromatic nitrogens is 3. The molecule has 0 saturated heterocycles. The molecule has 1 aliphatic carbocycles. The zero-order valence-corrected chi connectivity index (χ0v) is 17.1. The molecule has 1 aliphatic rings. The first kappa shape index (κ1) is 20.2. The lowest BCUT2D eigenvalue weighted by Gasteiger charge is -2.29. The highest BCUT2D eigenvalue weighted by atomic mass is 32.2. The molecule has 1 amide bonds. The Bertz CT molecular complexity index is 734. The lowest BCUT2D eigenvalue weighted by atomic mass is 9.93. The number of nitrogens with zero attached hydrogens (tertiary/aromatic N) is 3. The molecule has 1 N–H and O–H groups in total. The van der Waals surface area contributed by atoms with Crippen LogP contribution in [0.4, 0.5) is 0 Å². The molecule has 0 aliphatic heterocycles. The van der Waals surface area contributed by atoms with Gasteiger partial charge in [-0.15, -0.1) is 23.1 Å². The molecule has 0 spiro atoms. The van der Waals surface area contributed by atoms with E-state index in [2.05, 4.69) is 20.3 Å². The Kier molecular flexibility index (Phi) is 7.57. The van der Waals surface area contributed by atoms with Crippen LogP contribution < -0.4 is 5.32 Å². The lowest BCUT2D eigenvalue weighted by molar-refractivity contribution is -0.00409. The average Bonchev–Trinajstić information content (AvgIpc) is 3.24. The second-order valence-corrected chi connectivity index (χ2v) is 8.01. The van der Waals surface area contributed by atoms with Crippen molar-refractivity contribution in [1.82, 2.24) is 20.3 Å². The minimum Gasteiger partial charge on any atom is -0.382 e. The van der Waals surface area contributed by atoms with Gasteiger partial charge in [-0.3, -0.25) is 9.78 Å². The molecule has 0 aromatic carbocycles. The van der Waals surface area contributed by atoms with Gasteiger partial charge in [0.1, 0.15) is 10.7 Å². The summed E-state index contributed by atoms with van der Waals surface area (Å²) in [5, 5.41) is 3.89. The standard InChI is InChI=1S/C18H24N4O3S2/c1-24-7-8-25-13-5-3-12(4-6-13)20-18(23)14-9-16(26-2)22-17(21-14)15-10-19-11-27-15/h9-13H,3-8H2,1-2H3,(H,20,23). The van der Waals surface area contributed by atoms with Crippen LogP contribution >= 0.6 is 23.1 Å². The van der Waals surface area contributed by atoms with E-state index < -0.39 is 0 Å². The van der Waals surface area contributed by atoms with Crippen molar-refractivity contribution < 1.29 is 14.3 Å². The third-order valence-electron chi connectivity index (χ3n) is 4.45. The maximum absolute atomic E-state index is 12.7. The van der Waals surface area contributed by atoms with Crippen LogP contribution in [0.15, 0.2) is 22.8 Å². The van der Waals surface area contributed by atoms with Crippen LogP contribution in [-0.2, 0) is 9.47 Å². The first-order valence-electron chi connectivity index (χ1n) is 8.93. The Hall–Kier alpha value is -1.55. The third-order valence-corrected chi connectivity index (χ3v) is 5.84. The van der Waals surface area contributed by atoms with E-state index in [1.54, 1.807) is 24.9 Å². The summed E-state index contributed by atoms with van der Waals surface area (Å²) >= 11 is 2.95. The van der Waals surface area contributed by atoms with Gasteiger partial charge in [0.15, 0.2) is 5.82 Å². The van der Waals surface area contributed by atoms with E-state index in [9.17, 15) is 4.79 Å². The highest BCUT2D eigenvalue weighted by Crippen LogP contribution is 2.24. The van der Waals surface area contributed by atoms with Gasteiger partial charge in [0.2, 0.25) is 0 Å². The molecule has 2 heterocycles. The van der Waals surface area contributed by atoms with Crippen molar-refractivity contribution in [2.75, 3.05) is 26.6 Å². The zero-order chi connectivity index (χ0) is 19.1. The summed E-state index contributed by atoms with van der Waals surface area (Å²) in [7, 11) is 1.67. The molecule has 3 rings (SSSR count). The van der Waals surface area contributed by atoms with Crippen LogP contribution in [0.3, 0.4) is 0 Å². The van der Waals surface area contributed by atoms with Gasteiger partial charge in [0.05, 0.1) is 29.7 Å². The lowest BCUT2D eigenvalue weighted by Crippen LogP contribution is -2.39. The fraction of sp³-hybridized carbons (Fsp3) is 0.556. The second kappa shape index (κ2) is 10.1. The number of nitrogens with one attached hydrogen (secondary N) is 1. The zero-order valence-electron chi connectivity index (χ0n) is 15.5. The first-order chi connectivity index (χ1) is 13.2. The molecule has 1 saturated carbocycles. The van der Waals surface area contributed by atoms with Crippen molar-refractivity contribution in [2.45, 2.75) is 42.9 Å². The summed E-state index contributed by atoms with van der Waals surface area (Å²) in [4.78, 5) is 26.6. The summed E-state index contributed by atoms with van der Waals surface area (Å²) in [5.41, 5.74) is 2.13. The summed E-state index contributed by atoms with van der Waals surface area (Å²) in [6.07, 6.45) is 7.62. The Balaban J connectivity index is 1.59. The monoisotopic (exact) mass is 408 g/mol. The number of thiazole rings is 1. The highest BCUT2D eigenvalue weighted by molar-refractivity contribution is 7.98. The second-order valence-electron chi connectivity index (χ2n) is 6.30. The Morgan fingerprint density at radius 3 is 2.78 bits per heavy atom.